The number of imidazole rings is 1. The number of nitrogens with one attached hydrogen (secondary N) is 3. The molecular weight excluding hydrogens is 420 g/mol. The number of amides is 1. The summed E-state index contributed by atoms with van der Waals surface area (Å²) in [6.07, 6.45) is -2.44. The second kappa shape index (κ2) is 7.59. The second-order valence-corrected chi connectivity index (χ2v) is 6.26. The molecule has 0 radical (unpaired) electrons. The summed E-state index contributed by atoms with van der Waals surface area (Å²) in [4.78, 5) is 33.6. The molecule has 0 atom stereocenters. The van der Waals surface area contributed by atoms with Gasteiger partial charge in [-0.15, -0.1) is 0 Å². The van der Waals surface area contributed by atoms with Crippen molar-refractivity contribution in [2.24, 2.45) is 0 Å². The Hall–Kier alpha value is -4.16. The van der Waals surface area contributed by atoms with Gasteiger partial charge in [0, 0.05) is 13.0 Å². The molecule has 0 unspecified atom stereocenters. The lowest BCUT2D eigenvalue weighted by molar-refractivity contribution is -0.141. The summed E-state index contributed by atoms with van der Waals surface area (Å²) in [6.45, 7) is 1.27. The topological polar surface area (TPSA) is 121 Å². The molecule has 158 valence electrons. The number of aromatic nitrogens is 6. The number of halogens is 4. The molecule has 1 amide bonds. The first-order valence-electron chi connectivity index (χ1n) is 8.66. The van der Waals surface area contributed by atoms with Crippen molar-refractivity contribution in [3.63, 3.8) is 0 Å². The van der Waals surface area contributed by atoms with E-state index in [1.807, 2.05) is 0 Å². The van der Waals surface area contributed by atoms with Gasteiger partial charge in [0.25, 0.3) is 0 Å². The Morgan fingerprint density at radius 2 is 1.94 bits per heavy atom. The summed E-state index contributed by atoms with van der Waals surface area (Å²) in [7, 11) is 0. The zero-order valence-corrected chi connectivity index (χ0v) is 15.6. The van der Waals surface area contributed by atoms with E-state index in [0.29, 0.717) is 0 Å². The molecular formula is C18H12F4N8O. The first-order valence-corrected chi connectivity index (χ1v) is 8.66. The smallest absolute Gasteiger partial charge is 0.340 e. The number of carbonyl (C=O) groups excluding carboxylic acids is 1. The Bertz CT molecular complexity index is 1290. The predicted molar refractivity (Wildman–Crippen MR) is 102 cm³/mol. The minimum absolute atomic E-state index is 0.0376. The van der Waals surface area contributed by atoms with E-state index in [9.17, 15) is 22.4 Å². The first-order chi connectivity index (χ1) is 14.7. The van der Waals surface area contributed by atoms with E-state index in [-0.39, 0.29) is 40.0 Å². The molecule has 0 fully saturated rings. The molecule has 0 bridgehead atoms. The molecule has 0 aromatic carbocycles. The van der Waals surface area contributed by atoms with E-state index < -0.39 is 23.6 Å². The third-order valence-electron chi connectivity index (χ3n) is 3.97. The molecule has 4 heterocycles. The van der Waals surface area contributed by atoms with E-state index in [4.69, 9.17) is 0 Å². The van der Waals surface area contributed by atoms with Crippen LogP contribution in [0.15, 0.2) is 36.8 Å². The Morgan fingerprint density at radius 1 is 1.13 bits per heavy atom. The minimum Gasteiger partial charge on any atom is -0.340 e. The van der Waals surface area contributed by atoms with Crippen LogP contribution in [-0.4, -0.2) is 35.8 Å². The highest BCUT2D eigenvalue weighted by Crippen LogP contribution is 2.30. The third-order valence-corrected chi connectivity index (χ3v) is 3.97. The second-order valence-electron chi connectivity index (χ2n) is 6.26. The van der Waals surface area contributed by atoms with E-state index in [2.05, 4.69) is 40.5 Å². The summed E-state index contributed by atoms with van der Waals surface area (Å²) in [6, 6.07) is 4.56. The number of carbonyl (C=O) groups is 1. The highest BCUT2D eigenvalue weighted by atomic mass is 19.4. The summed E-state index contributed by atoms with van der Waals surface area (Å²) in [5.41, 5.74) is -0.921. The largest absolute Gasteiger partial charge is 0.433 e. The van der Waals surface area contributed by atoms with Gasteiger partial charge >= 0.3 is 6.18 Å². The van der Waals surface area contributed by atoms with E-state index in [1.54, 1.807) is 0 Å². The number of H-pyrrole nitrogens is 1. The number of nitrogens with zero attached hydrogens (tertiary/aromatic N) is 5. The van der Waals surface area contributed by atoms with Crippen LogP contribution >= 0.6 is 0 Å². The molecule has 31 heavy (non-hydrogen) atoms. The van der Waals surface area contributed by atoms with E-state index in [0.717, 1.165) is 12.3 Å². The summed E-state index contributed by atoms with van der Waals surface area (Å²) >= 11 is 0. The van der Waals surface area contributed by atoms with Gasteiger partial charge in [-0.1, -0.05) is 6.07 Å². The van der Waals surface area contributed by atoms with Crippen molar-refractivity contribution < 1.29 is 22.4 Å². The Morgan fingerprint density at radius 3 is 2.68 bits per heavy atom. The molecule has 4 aromatic heterocycles. The lowest BCUT2D eigenvalue weighted by Crippen LogP contribution is -2.09. The minimum atomic E-state index is -4.65. The van der Waals surface area contributed by atoms with Crippen LogP contribution in [0.2, 0.25) is 0 Å². The Kier molecular flexibility index (Phi) is 4.93. The van der Waals surface area contributed by atoms with Crippen molar-refractivity contribution >= 4 is 34.4 Å². The fourth-order valence-corrected chi connectivity index (χ4v) is 2.67. The summed E-state index contributed by atoms with van der Waals surface area (Å²) in [5.74, 6) is -1.17. The van der Waals surface area contributed by atoms with Crippen molar-refractivity contribution in [1.82, 2.24) is 29.9 Å². The number of rotatable bonds is 4. The van der Waals surface area contributed by atoms with Crippen molar-refractivity contribution in [1.29, 1.82) is 0 Å². The number of anilines is 3. The Balaban J connectivity index is 1.78. The average Bonchev–Trinajstić information content (AvgIpc) is 3.18. The summed E-state index contributed by atoms with van der Waals surface area (Å²) in [5, 5.41) is 5.15. The van der Waals surface area contributed by atoms with Gasteiger partial charge in [0.2, 0.25) is 5.91 Å². The molecule has 4 aromatic rings. The quantitative estimate of drug-likeness (QED) is 0.421. The van der Waals surface area contributed by atoms with Crippen LogP contribution in [0.25, 0.3) is 22.7 Å². The third kappa shape index (κ3) is 4.24. The fourth-order valence-electron chi connectivity index (χ4n) is 2.67. The van der Waals surface area contributed by atoms with Gasteiger partial charge in [-0.05, 0) is 12.1 Å². The number of aromatic amines is 1. The van der Waals surface area contributed by atoms with Crippen molar-refractivity contribution in [3.05, 3.63) is 48.3 Å². The van der Waals surface area contributed by atoms with Crippen molar-refractivity contribution in [2.45, 2.75) is 13.1 Å². The SMILES string of the molecule is CC(=O)Nc1cc(Nc2nc(-c3cccc(C(F)(F)F)n3)nc3nc[nH]c23)c(F)cn1. The highest BCUT2D eigenvalue weighted by Gasteiger charge is 2.32. The van der Waals surface area contributed by atoms with Crippen molar-refractivity contribution in [3.8, 4) is 11.5 Å². The maximum Gasteiger partial charge on any atom is 0.433 e. The maximum absolute atomic E-state index is 14.3. The lowest BCUT2D eigenvalue weighted by Gasteiger charge is -2.11. The number of fused-ring (bicyclic) bond motifs is 1. The fraction of sp³-hybridized carbons (Fsp3) is 0.111. The highest BCUT2D eigenvalue weighted by molar-refractivity contribution is 5.89. The molecule has 3 N–H and O–H groups in total. The van der Waals surface area contributed by atoms with Crippen molar-refractivity contribution in [2.75, 3.05) is 10.6 Å². The van der Waals surface area contributed by atoms with E-state index in [1.165, 1.54) is 31.5 Å². The van der Waals surface area contributed by atoms with Crippen LogP contribution < -0.4 is 10.6 Å². The van der Waals surface area contributed by atoms with Crippen LogP contribution in [-0.2, 0) is 11.0 Å². The molecule has 0 aliphatic heterocycles. The zero-order chi connectivity index (χ0) is 22.2. The molecule has 0 saturated heterocycles. The molecule has 0 aliphatic carbocycles. The normalized spacial score (nSPS) is 11.5. The standard InChI is InChI=1S/C18H12F4N8O/c1-8(31)26-13-5-11(9(19)6-23-13)28-17-14-16(25-7-24-14)29-15(30-17)10-3-2-4-12(27-10)18(20,21)22/h2-7H,1H3,(H3,23,24,25,26,28,29,30,31). The molecule has 0 aliphatic rings. The zero-order valence-electron chi connectivity index (χ0n) is 15.6. The number of hydrogen-bond donors (Lipinski definition) is 3. The van der Waals surface area contributed by atoms with Crippen LogP contribution in [0, 0.1) is 5.82 Å². The van der Waals surface area contributed by atoms with Crippen LogP contribution in [0.4, 0.5) is 34.9 Å². The number of hydrogen-bond acceptors (Lipinski definition) is 7. The van der Waals surface area contributed by atoms with Gasteiger partial charge < -0.3 is 15.6 Å². The maximum atomic E-state index is 14.3. The lowest BCUT2D eigenvalue weighted by atomic mass is 10.2. The van der Waals surface area contributed by atoms with Gasteiger partial charge in [0.15, 0.2) is 23.1 Å². The van der Waals surface area contributed by atoms with E-state index >= 15 is 0 Å². The molecule has 9 nitrogen and oxygen atoms in total. The monoisotopic (exact) mass is 432 g/mol. The summed E-state index contributed by atoms with van der Waals surface area (Å²) < 4.78 is 53.3. The van der Waals surface area contributed by atoms with Crippen LogP contribution in [0.3, 0.4) is 0 Å². The number of alkyl halides is 3. The van der Waals surface area contributed by atoms with Gasteiger partial charge in [0.05, 0.1) is 18.2 Å². The Labute approximate surface area is 171 Å². The molecule has 4 rings (SSSR count). The number of pyridine rings is 2. The predicted octanol–water partition coefficient (Wildman–Crippen LogP) is 3.67. The van der Waals surface area contributed by atoms with Crippen LogP contribution in [0.1, 0.15) is 12.6 Å². The molecule has 0 saturated carbocycles. The van der Waals surface area contributed by atoms with Gasteiger partial charge in [0.1, 0.15) is 22.7 Å². The molecule has 0 spiro atoms. The average molecular weight is 432 g/mol. The molecule has 13 heteroatoms. The van der Waals surface area contributed by atoms with Gasteiger partial charge in [-0.2, -0.15) is 13.2 Å². The van der Waals surface area contributed by atoms with Gasteiger partial charge in [-0.3, -0.25) is 4.79 Å². The van der Waals surface area contributed by atoms with Crippen LogP contribution in [0.5, 0.6) is 0 Å². The first kappa shape index (κ1) is 20.1. The van der Waals surface area contributed by atoms with Gasteiger partial charge in [-0.25, -0.2) is 29.3 Å².